The number of unbranched alkanes of at least 4 members (excludes halogenated alkanes) is 11. The molecule has 1 amide bonds. The second-order valence-electron chi connectivity index (χ2n) is 6.84. The van der Waals surface area contributed by atoms with Crippen LogP contribution in [0.25, 0.3) is 0 Å². The molecule has 0 spiro atoms. The van der Waals surface area contributed by atoms with Crippen LogP contribution in [0.5, 0.6) is 0 Å². The molecule has 5 nitrogen and oxygen atoms in total. The monoisotopic (exact) mass is 355 g/mol. The Bertz CT molecular complexity index is 358. The van der Waals surface area contributed by atoms with Gasteiger partial charge < -0.3 is 15.2 Å². The standard InChI is InChI=1S/C20H37NO4/c1-2-3-4-5-6-7-8-9-10-11-12-13-15-18(20(24)25)21-19(23)16-14-17-22/h17-18H,2-16H2,1H3,(H,21,23)(H,24,25). The Kier molecular flexibility index (Phi) is 16.5. The van der Waals surface area contributed by atoms with Gasteiger partial charge in [-0.05, 0) is 6.42 Å². The maximum atomic E-state index is 11.5. The van der Waals surface area contributed by atoms with Gasteiger partial charge in [0.2, 0.25) is 5.91 Å². The smallest absolute Gasteiger partial charge is 0.326 e. The van der Waals surface area contributed by atoms with Gasteiger partial charge in [-0.15, -0.1) is 0 Å². The van der Waals surface area contributed by atoms with Gasteiger partial charge in [0.25, 0.3) is 0 Å². The predicted molar refractivity (Wildman–Crippen MR) is 101 cm³/mol. The van der Waals surface area contributed by atoms with Crippen LogP contribution in [0, 0.1) is 0 Å². The zero-order valence-corrected chi connectivity index (χ0v) is 15.9. The first-order valence-electron chi connectivity index (χ1n) is 10.1. The van der Waals surface area contributed by atoms with E-state index in [9.17, 15) is 14.4 Å². The summed E-state index contributed by atoms with van der Waals surface area (Å²) >= 11 is 0. The third kappa shape index (κ3) is 15.9. The first-order valence-corrected chi connectivity index (χ1v) is 10.1. The van der Waals surface area contributed by atoms with Crippen molar-refractivity contribution in [2.45, 2.75) is 109 Å². The van der Waals surface area contributed by atoms with E-state index in [1.807, 2.05) is 0 Å². The Hall–Kier alpha value is -1.39. The van der Waals surface area contributed by atoms with E-state index in [2.05, 4.69) is 12.2 Å². The van der Waals surface area contributed by atoms with Crippen LogP contribution in [0.2, 0.25) is 0 Å². The summed E-state index contributed by atoms with van der Waals surface area (Å²) in [5.74, 6) is -1.36. The topological polar surface area (TPSA) is 83.5 Å². The molecule has 0 aromatic rings. The van der Waals surface area contributed by atoms with Crippen LogP contribution in [-0.2, 0) is 14.4 Å². The summed E-state index contributed by atoms with van der Waals surface area (Å²) in [5.41, 5.74) is 0. The Labute approximate surface area is 153 Å². The first-order chi connectivity index (χ1) is 12.1. The first kappa shape index (κ1) is 23.6. The predicted octanol–water partition coefficient (Wildman–Crippen LogP) is 4.63. The van der Waals surface area contributed by atoms with Crippen molar-refractivity contribution in [3.05, 3.63) is 0 Å². The molecule has 0 aliphatic carbocycles. The number of nitrogens with one attached hydrogen (secondary N) is 1. The molecular formula is C20H37NO4. The summed E-state index contributed by atoms with van der Waals surface area (Å²) in [7, 11) is 0. The van der Waals surface area contributed by atoms with Crippen LogP contribution < -0.4 is 5.32 Å². The Morgan fingerprint density at radius 2 is 1.36 bits per heavy atom. The molecule has 1 atom stereocenters. The van der Waals surface area contributed by atoms with E-state index in [-0.39, 0.29) is 18.7 Å². The van der Waals surface area contributed by atoms with Gasteiger partial charge in [-0.2, -0.15) is 0 Å². The van der Waals surface area contributed by atoms with Crippen LogP contribution >= 0.6 is 0 Å². The van der Waals surface area contributed by atoms with Gasteiger partial charge in [-0.1, -0.05) is 84.0 Å². The lowest BCUT2D eigenvalue weighted by atomic mass is 10.0. The molecule has 1 unspecified atom stereocenters. The summed E-state index contributed by atoms with van der Waals surface area (Å²) in [6.07, 6.45) is 16.1. The summed E-state index contributed by atoms with van der Waals surface area (Å²) in [6, 6.07) is -0.831. The zero-order valence-electron chi connectivity index (χ0n) is 15.9. The number of amides is 1. The van der Waals surface area contributed by atoms with E-state index in [1.165, 1.54) is 57.8 Å². The van der Waals surface area contributed by atoms with Crippen molar-refractivity contribution >= 4 is 18.2 Å². The van der Waals surface area contributed by atoms with Crippen LogP contribution in [0.3, 0.4) is 0 Å². The van der Waals surface area contributed by atoms with Gasteiger partial charge in [-0.25, -0.2) is 4.79 Å². The largest absolute Gasteiger partial charge is 0.480 e. The Morgan fingerprint density at radius 3 is 1.80 bits per heavy atom. The highest BCUT2D eigenvalue weighted by molar-refractivity contribution is 5.84. The van der Waals surface area contributed by atoms with E-state index in [1.54, 1.807) is 0 Å². The van der Waals surface area contributed by atoms with E-state index in [4.69, 9.17) is 5.11 Å². The van der Waals surface area contributed by atoms with Crippen molar-refractivity contribution in [1.82, 2.24) is 5.32 Å². The SMILES string of the molecule is CCCCCCCCCCCCCCC(NC(=O)CCC=O)C(=O)O. The molecule has 2 N–H and O–H groups in total. The maximum Gasteiger partial charge on any atom is 0.326 e. The molecule has 0 saturated heterocycles. The third-order valence-electron chi connectivity index (χ3n) is 4.47. The Morgan fingerprint density at radius 1 is 0.880 bits per heavy atom. The van der Waals surface area contributed by atoms with E-state index < -0.39 is 12.0 Å². The minimum absolute atomic E-state index is 0.0612. The summed E-state index contributed by atoms with van der Waals surface area (Å²) in [4.78, 5) is 32.9. The lowest BCUT2D eigenvalue weighted by Gasteiger charge is -2.14. The average Bonchev–Trinajstić information content (AvgIpc) is 2.59. The minimum atomic E-state index is -0.998. The number of aldehydes is 1. The van der Waals surface area contributed by atoms with Crippen molar-refractivity contribution in [1.29, 1.82) is 0 Å². The molecule has 0 aliphatic rings. The molecular weight excluding hydrogens is 318 g/mol. The fourth-order valence-corrected chi connectivity index (χ4v) is 2.90. The highest BCUT2D eigenvalue weighted by Gasteiger charge is 2.18. The molecule has 146 valence electrons. The lowest BCUT2D eigenvalue weighted by molar-refractivity contribution is -0.142. The minimum Gasteiger partial charge on any atom is -0.480 e. The second kappa shape index (κ2) is 17.4. The number of hydrogen-bond donors (Lipinski definition) is 2. The second-order valence-corrected chi connectivity index (χ2v) is 6.84. The van der Waals surface area contributed by atoms with E-state index in [0.29, 0.717) is 12.7 Å². The number of carboxylic acid groups (broad SMARTS) is 1. The third-order valence-corrected chi connectivity index (χ3v) is 4.47. The summed E-state index contributed by atoms with van der Waals surface area (Å²) < 4.78 is 0. The molecule has 0 aliphatic heterocycles. The quantitative estimate of drug-likeness (QED) is 0.277. The number of hydrogen-bond acceptors (Lipinski definition) is 3. The number of carbonyl (C=O) groups is 3. The molecule has 0 rings (SSSR count). The van der Waals surface area contributed by atoms with E-state index >= 15 is 0 Å². The number of aliphatic carboxylic acids is 1. The van der Waals surface area contributed by atoms with Crippen LogP contribution in [-0.4, -0.2) is 29.3 Å². The van der Waals surface area contributed by atoms with Gasteiger partial charge in [0.05, 0.1) is 0 Å². The molecule has 25 heavy (non-hydrogen) atoms. The molecule has 0 aromatic carbocycles. The van der Waals surface area contributed by atoms with Crippen molar-refractivity contribution in [2.24, 2.45) is 0 Å². The number of carbonyl (C=O) groups excluding carboxylic acids is 2. The molecule has 0 heterocycles. The molecule has 0 bridgehead atoms. The molecule has 5 heteroatoms. The van der Waals surface area contributed by atoms with Gasteiger partial charge in [0.15, 0.2) is 0 Å². The molecule has 0 aromatic heterocycles. The van der Waals surface area contributed by atoms with Gasteiger partial charge in [0, 0.05) is 12.8 Å². The maximum absolute atomic E-state index is 11.5. The normalized spacial score (nSPS) is 11.9. The van der Waals surface area contributed by atoms with Crippen molar-refractivity contribution in [3.8, 4) is 0 Å². The average molecular weight is 356 g/mol. The van der Waals surface area contributed by atoms with Crippen molar-refractivity contribution < 1.29 is 19.5 Å². The van der Waals surface area contributed by atoms with Crippen LogP contribution in [0.4, 0.5) is 0 Å². The summed E-state index contributed by atoms with van der Waals surface area (Å²) in [5, 5.41) is 11.6. The highest BCUT2D eigenvalue weighted by atomic mass is 16.4. The van der Waals surface area contributed by atoms with Gasteiger partial charge >= 0.3 is 5.97 Å². The fourth-order valence-electron chi connectivity index (χ4n) is 2.90. The van der Waals surface area contributed by atoms with Gasteiger partial charge in [-0.3, -0.25) is 4.79 Å². The Balaban J connectivity index is 3.55. The van der Waals surface area contributed by atoms with Crippen LogP contribution in [0.15, 0.2) is 0 Å². The zero-order chi connectivity index (χ0) is 18.8. The van der Waals surface area contributed by atoms with Gasteiger partial charge in [0.1, 0.15) is 12.3 Å². The van der Waals surface area contributed by atoms with Crippen LogP contribution in [0.1, 0.15) is 103 Å². The van der Waals surface area contributed by atoms with E-state index in [0.717, 1.165) is 19.3 Å². The molecule has 0 radical (unpaired) electrons. The lowest BCUT2D eigenvalue weighted by Crippen LogP contribution is -2.40. The van der Waals surface area contributed by atoms with Crippen molar-refractivity contribution in [2.75, 3.05) is 0 Å². The molecule has 0 fully saturated rings. The summed E-state index contributed by atoms with van der Waals surface area (Å²) in [6.45, 7) is 2.24. The number of carboxylic acids is 1. The fraction of sp³-hybridized carbons (Fsp3) is 0.850. The van der Waals surface area contributed by atoms with Crippen molar-refractivity contribution in [3.63, 3.8) is 0 Å². The number of rotatable bonds is 18. The highest BCUT2D eigenvalue weighted by Crippen LogP contribution is 2.13. The molecule has 0 saturated carbocycles.